The van der Waals surface area contributed by atoms with Crippen molar-refractivity contribution in [1.82, 2.24) is 4.90 Å². The van der Waals surface area contributed by atoms with Gasteiger partial charge in [-0.2, -0.15) is 0 Å². The van der Waals surface area contributed by atoms with Gasteiger partial charge in [-0.1, -0.05) is 26.1 Å². The van der Waals surface area contributed by atoms with E-state index in [-0.39, 0.29) is 0 Å². The lowest BCUT2D eigenvalue weighted by Crippen LogP contribution is -2.40. The molecular formula is C12H24N2OS. The Balaban J connectivity index is 2.32. The number of hydrogen-bond acceptors (Lipinski definition) is 3. The Labute approximate surface area is 104 Å². The van der Waals surface area contributed by atoms with Gasteiger partial charge in [0.2, 0.25) is 0 Å². The highest BCUT2D eigenvalue weighted by molar-refractivity contribution is 7.80. The summed E-state index contributed by atoms with van der Waals surface area (Å²) in [6.45, 7) is 8.19. The molecule has 4 heteroatoms. The van der Waals surface area contributed by atoms with Crippen LogP contribution < -0.4 is 5.73 Å². The Morgan fingerprint density at radius 3 is 2.81 bits per heavy atom. The molecule has 16 heavy (non-hydrogen) atoms. The molecule has 0 aromatic rings. The van der Waals surface area contributed by atoms with Gasteiger partial charge in [0.05, 0.1) is 11.1 Å². The van der Waals surface area contributed by atoms with E-state index in [1.807, 2.05) is 0 Å². The molecule has 1 aliphatic heterocycles. The highest BCUT2D eigenvalue weighted by atomic mass is 32.1. The molecule has 0 saturated carbocycles. The van der Waals surface area contributed by atoms with E-state index in [0.717, 1.165) is 26.2 Å². The van der Waals surface area contributed by atoms with E-state index in [9.17, 15) is 0 Å². The van der Waals surface area contributed by atoms with Crippen molar-refractivity contribution in [3.63, 3.8) is 0 Å². The summed E-state index contributed by atoms with van der Waals surface area (Å²) in [4.78, 5) is 3.00. The fourth-order valence-electron chi connectivity index (χ4n) is 2.05. The van der Waals surface area contributed by atoms with Gasteiger partial charge >= 0.3 is 0 Å². The lowest BCUT2D eigenvalue weighted by atomic mass is 10.1. The topological polar surface area (TPSA) is 38.5 Å². The quantitative estimate of drug-likeness (QED) is 0.723. The average Bonchev–Trinajstić information content (AvgIpc) is 2.29. The number of nitrogens with two attached hydrogens (primary N) is 1. The predicted octanol–water partition coefficient (Wildman–Crippen LogP) is 1.80. The van der Waals surface area contributed by atoms with Crippen LogP contribution in [0.4, 0.5) is 0 Å². The SMILES string of the molecule is CCN(CC1CCCCO1)CC(C)C(N)=S. The summed E-state index contributed by atoms with van der Waals surface area (Å²) in [5.41, 5.74) is 5.65. The van der Waals surface area contributed by atoms with Crippen LogP contribution in [-0.4, -0.2) is 42.2 Å². The van der Waals surface area contributed by atoms with Crippen LogP contribution in [0.25, 0.3) is 0 Å². The van der Waals surface area contributed by atoms with Crippen molar-refractivity contribution in [2.24, 2.45) is 11.7 Å². The number of rotatable bonds is 6. The van der Waals surface area contributed by atoms with Gasteiger partial charge in [0.15, 0.2) is 0 Å². The maximum Gasteiger partial charge on any atom is 0.0768 e. The third-order valence-electron chi connectivity index (χ3n) is 3.20. The summed E-state index contributed by atoms with van der Waals surface area (Å²) < 4.78 is 5.75. The second-order valence-corrected chi connectivity index (χ2v) is 5.12. The maximum atomic E-state index is 5.75. The van der Waals surface area contributed by atoms with Crippen molar-refractivity contribution < 1.29 is 4.74 Å². The van der Waals surface area contributed by atoms with Gasteiger partial charge < -0.3 is 15.4 Å². The Bertz CT molecular complexity index is 217. The molecule has 0 bridgehead atoms. The third kappa shape index (κ3) is 4.76. The number of hydrogen-bond donors (Lipinski definition) is 1. The molecule has 0 radical (unpaired) electrons. The van der Waals surface area contributed by atoms with E-state index in [2.05, 4.69) is 18.7 Å². The van der Waals surface area contributed by atoms with Crippen LogP contribution in [0.3, 0.4) is 0 Å². The highest BCUT2D eigenvalue weighted by Crippen LogP contribution is 2.14. The van der Waals surface area contributed by atoms with Crippen LogP contribution in [-0.2, 0) is 4.74 Å². The molecule has 1 rings (SSSR count). The summed E-state index contributed by atoms with van der Waals surface area (Å²) in [7, 11) is 0. The zero-order valence-electron chi connectivity index (χ0n) is 10.4. The number of thiocarbonyl (C=S) groups is 1. The Hall–Kier alpha value is -0.190. The van der Waals surface area contributed by atoms with Gasteiger partial charge in [0, 0.05) is 25.6 Å². The van der Waals surface area contributed by atoms with Crippen LogP contribution in [0.1, 0.15) is 33.1 Å². The van der Waals surface area contributed by atoms with E-state index in [1.165, 1.54) is 19.3 Å². The van der Waals surface area contributed by atoms with Crippen molar-refractivity contribution >= 4 is 17.2 Å². The van der Waals surface area contributed by atoms with Crippen molar-refractivity contribution in [2.75, 3.05) is 26.2 Å². The summed E-state index contributed by atoms with van der Waals surface area (Å²) in [6, 6.07) is 0. The highest BCUT2D eigenvalue weighted by Gasteiger charge is 2.18. The van der Waals surface area contributed by atoms with Gasteiger partial charge in [0.1, 0.15) is 0 Å². The van der Waals surface area contributed by atoms with Gasteiger partial charge in [-0.05, 0) is 25.8 Å². The summed E-state index contributed by atoms with van der Waals surface area (Å²) in [5.74, 6) is 0.290. The Morgan fingerprint density at radius 1 is 1.56 bits per heavy atom. The first-order valence-corrected chi connectivity index (χ1v) is 6.67. The van der Waals surface area contributed by atoms with Gasteiger partial charge in [-0.25, -0.2) is 0 Å². The summed E-state index contributed by atoms with van der Waals surface area (Å²) >= 11 is 5.01. The standard InChI is InChI=1S/C12H24N2OS/c1-3-14(8-10(2)12(13)16)9-11-6-4-5-7-15-11/h10-11H,3-9H2,1-2H3,(H2,13,16). The smallest absolute Gasteiger partial charge is 0.0768 e. The molecule has 0 aromatic carbocycles. The molecule has 1 fully saturated rings. The lowest BCUT2D eigenvalue weighted by Gasteiger charge is -2.30. The molecule has 1 heterocycles. The zero-order chi connectivity index (χ0) is 12.0. The van der Waals surface area contributed by atoms with Crippen molar-refractivity contribution in [2.45, 2.75) is 39.2 Å². The van der Waals surface area contributed by atoms with Crippen LogP contribution in [0.5, 0.6) is 0 Å². The van der Waals surface area contributed by atoms with E-state index in [0.29, 0.717) is 17.0 Å². The molecule has 0 amide bonds. The van der Waals surface area contributed by atoms with Crippen molar-refractivity contribution in [1.29, 1.82) is 0 Å². The van der Waals surface area contributed by atoms with E-state index >= 15 is 0 Å². The van der Waals surface area contributed by atoms with Gasteiger partial charge in [0.25, 0.3) is 0 Å². The lowest BCUT2D eigenvalue weighted by molar-refractivity contribution is -0.00572. The number of likely N-dealkylation sites (N-methyl/N-ethyl adjacent to an activating group) is 1. The first kappa shape index (κ1) is 13.9. The van der Waals surface area contributed by atoms with Crippen molar-refractivity contribution in [3.05, 3.63) is 0 Å². The minimum absolute atomic E-state index is 0.290. The summed E-state index contributed by atoms with van der Waals surface area (Å²) in [6.07, 6.45) is 4.11. The van der Waals surface area contributed by atoms with Gasteiger partial charge in [-0.3, -0.25) is 0 Å². The molecule has 94 valence electrons. The molecule has 2 unspecified atom stereocenters. The third-order valence-corrected chi connectivity index (χ3v) is 3.60. The number of nitrogens with zero attached hydrogens (tertiary/aromatic N) is 1. The zero-order valence-corrected chi connectivity index (χ0v) is 11.3. The molecular weight excluding hydrogens is 220 g/mol. The van der Waals surface area contributed by atoms with Crippen LogP contribution in [0.2, 0.25) is 0 Å². The van der Waals surface area contributed by atoms with Gasteiger partial charge in [-0.15, -0.1) is 0 Å². The normalized spacial score (nSPS) is 23.3. The maximum absolute atomic E-state index is 5.75. The molecule has 0 aliphatic carbocycles. The second kappa shape index (κ2) is 7.20. The fraction of sp³-hybridized carbons (Fsp3) is 0.917. The van der Waals surface area contributed by atoms with Crippen LogP contribution in [0.15, 0.2) is 0 Å². The minimum Gasteiger partial charge on any atom is -0.393 e. The minimum atomic E-state index is 0.290. The predicted molar refractivity (Wildman–Crippen MR) is 71.7 cm³/mol. The van der Waals surface area contributed by atoms with Crippen molar-refractivity contribution in [3.8, 4) is 0 Å². The van der Waals surface area contributed by atoms with Crippen LogP contribution >= 0.6 is 12.2 Å². The van der Waals surface area contributed by atoms with E-state index in [4.69, 9.17) is 22.7 Å². The second-order valence-electron chi connectivity index (χ2n) is 4.64. The Kier molecular flexibility index (Phi) is 6.24. The Morgan fingerprint density at radius 2 is 2.31 bits per heavy atom. The molecule has 2 atom stereocenters. The fourth-order valence-corrected chi connectivity index (χ4v) is 2.12. The van der Waals surface area contributed by atoms with Crippen LogP contribution in [0, 0.1) is 5.92 Å². The molecule has 0 spiro atoms. The van der Waals surface area contributed by atoms with E-state index < -0.39 is 0 Å². The molecule has 2 N–H and O–H groups in total. The molecule has 0 aromatic heterocycles. The largest absolute Gasteiger partial charge is 0.393 e. The molecule has 3 nitrogen and oxygen atoms in total. The van der Waals surface area contributed by atoms with E-state index in [1.54, 1.807) is 0 Å². The molecule has 1 aliphatic rings. The first-order chi connectivity index (χ1) is 7.63. The monoisotopic (exact) mass is 244 g/mol. The number of ether oxygens (including phenoxy) is 1. The summed E-state index contributed by atoms with van der Waals surface area (Å²) in [5, 5.41) is 0. The average molecular weight is 244 g/mol. The first-order valence-electron chi connectivity index (χ1n) is 6.26. The molecule has 1 saturated heterocycles.